The summed E-state index contributed by atoms with van der Waals surface area (Å²) >= 11 is 0. The van der Waals surface area contributed by atoms with Crippen LogP contribution in [0.4, 0.5) is 0 Å². The molecule has 2 aromatic rings. The van der Waals surface area contributed by atoms with Crippen LogP contribution in [0, 0.1) is 5.41 Å². The fourth-order valence-electron chi connectivity index (χ4n) is 5.01. The number of aliphatic carboxylic acids is 1. The number of hydrogen-bond acceptors (Lipinski definition) is 5. The Balaban J connectivity index is 1.56. The topological polar surface area (TPSA) is 96.0 Å². The summed E-state index contributed by atoms with van der Waals surface area (Å²) in [5, 5.41) is 16.3. The summed E-state index contributed by atoms with van der Waals surface area (Å²) in [5.74, 6) is -1.20. The standard InChI is InChI=1S/C26H31N3O3/c27-24-22-8-4-3-7-20(22)13-14-26(24,17-23(30)31)25(32)21-11-9-19(10-12-21)18-28-29-15-5-1-2-6-16-29/h3-4,7-12,18,24H,1-2,5-6,13-17,27H2,(H,30,31). The molecule has 6 heteroatoms. The molecule has 2 atom stereocenters. The van der Waals surface area contributed by atoms with Crippen molar-refractivity contribution in [1.29, 1.82) is 0 Å². The molecule has 1 heterocycles. The van der Waals surface area contributed by atoms with Crippen LogP contribution in [0.25, 0.3) is 0 Å². The van der Waals surface area contributed by atoms with E-state index in [-0.39, 0.29) is 12.2 Å². The lowest BCUT2D eigenvalue weighted by atomic mass is 9.63. The van der Waals surface area contributed by atoms with Crippen molar-refractivity contribution in [3.63, 3.8) is 0 Å². The van der Waals surface area contributed by atoms with Gasteiger partial charge in [-0.1, -0.05) is 61.4 Å². The van der Waals surface area contributed by atoms with E-state index in [1.807, 2.05) is 42.6 Å². The van der Waals surface area contributed by atoms with Crippen LogP contribution in [-0.4, -0.2) is 41.2 Å². The van der Waals surface area contributed by atoms with Crippen LogP contribution < -0.4 is 5.73 Å². The van der Waals surface area contributed by atoms with Crippen molar-refractivity contribution in [1.82, 2.24) is 5.01 Å². The molecule has 168 valence electrons. The number of ketones is 1. The molecule has 32 heavy (non-hydrogen) atoms. The van der Waals surface area contributed by atoms with Gasteiger partial charge in [0.2, 0.25) is 0 Å². The van der Waals surface area contributed by atoms with Gasteiger partial charge in [0.05, 0.1) is 18.1 Å². The number of fused-ring (bicyclic) bond motifs is 1. The van der Waals surface area contributed by atoms with Gasteiger partial charge in [-0.05, 0) is 42.4 Å². The van der Waals surface area contributed by atoms with E-state index in [0.717, 1.165) is 29.8 Å². The second-order valence-electron chi connectivity index (χ2n) is 8.97. The number of hydrogen-bond donors (Lipinski definition) is 2. The molecule has 2 unspecified atom stereocenters. The number of benzene rings is 2. The Labute approximate surface area is 189 Å². The number of carbonyl (C=O) groups is 2. The molecule has 1 fully saturated rings. The lowest BCUT2D eigenvalue weighted by molar-refractivity contribution is -0.139. The van der Waals surface area contributed by atoms with Crippen LogP contribution in [0.2, 0.25) is 0 Å². The first kappa shape index (κ1) is 22.2. The van der Waals surface area contributed by atoms with Crippen LogP contribution in [0.15, 0.2) is 53.6 Å². The maximum absolute atomic E-state index is 13.6. The van der Waals surface area contributed by atoms with E-state index >= 15 is 0 Å². The summed E-state index contributed by atoms with van der Waals surface area (Å²) in [7, 11) is 0. The fourth-order valence-corrected chi connectivity index (χ4v) is 5.01. The summed E-state index contributed by atoms with van der Waals surface area (Å²) in [6.07, 6.45) is 7.47. The van der Waals surface area contributed by atoms with E-state index < -0.39 is 17.4 Å². The number of nitrogens with zero attached hydrogens (tertiary/aromatic N) is 2. The van der Waals surface area contributed by atoms with Gasteiger partial charge >= 0.3 is 5.97 Å². The second-order valence-corrected chi connectivity index (χ2v) is 8.97. The smallest absolute Gasteiger partial charge is 0.304 e. The molecule has 1 aliphatic heterocycles. The Kier molecular flexibility index (Phi) is 6.70. The van der Waals surface area contributed by atoms with Gasteiger partial charge in [-0.25, -0.2) is 0 Å². The number of rotatable bonds is 6. The molecule has 4 rings (SSSR count). The Hall–Kier alpha value is -2.99. The summed E-state index contributed by atoms with van der Waals surface area (Å²) in [6.45, 7) is 1.95. The van der Waals surface area contributed by atoms with Gasteiger partial charge in [0.15, 0.2) is 5.78 Å². The van der Waals surface area contributed by atoms with E-state index in [1.54, 1.807) is 12.1 Å². The monoisotopic (exact) mass is 433 g/mol. The zero-order valence-electron chi connectivity index (χ0n) is 18.4. The highest BCUT2D eigenvalue weighted by Gasteiger charge is 2.48. The molecule has 0 aromatic heterocycles. The van der Waals surface area contributed by atoms with E-state index in [4.69, 9.17) is 5.73 Å². The molecule has 0 saturated carbocycles. The van der Waals surface area contributed by atoms with Crippen LogP contribution in [-0.2, 0) is 11.2 Å². The molecule has 0 spiro atoms. The fraction of sp³-hybridized carbons (Fsp3) is 0.423. The maximum Gasteiger partial charge on any atom is 0.304 e. The summed E-state index contributed by atoms with van der Waals surface area (Å²) in [4.78, 5) is 25.4. The summed E-state index contributed by atoms with van der Waals surface area (Å²) < 4.78 is 0. The van der Waals surface area contributed by atoms with Gasteiger partial charge in [0.25, 0.3) is 0 Å². The summed E-state index contributed by atoms with van der Waals surface area (Å²) in [5.41, 5.74) is 8.79. The van der Waals surface area contributed by atoms with Gasteiger partial charge in [-0.15, -0.1) is 0 Å². The van der Waals surface area contributed by atoms with Crippen LogP contribution >= 0.6 is 0 Å². The van der Waals surface area contributed by atoms with Crippen LogP contribution in [0.5, 0.6) is 0 Å². The van der Waals surface area contributed by atoms with Crippen molar-refractivity contribution in [3.05, 3.63) is 70.8 Å². The van der Waals surface area contributed by atoms with Crippen molar-refractivity contribution in [2.75, 3.05) is 13.1 Å². The second kappa shape index (κ2) is 9.65. The van der Waals surface area contributed by atoms with Crippen molar-refractivity contribution >= 4 is 18.0 Å². The number of carboxylic acids is 1. The van der Waals surface area contributed by atoms with Gasteiger partial charge in [0.1, 0.15) is 0 Å². The molecule has 0 radical (unpaired) electrons. The first-order valence-corrected chi connectivity index (χ1v) is 11.5. The minimum atomic E-state index is -1.15. The normalized spacial score (nSPS) is 23.5. The predicted octanol–water partition coefficient (Wildman–Crippen LogP) is 4.19. The van der Waals surface area contributed by atoms with Gasteiger partial charge in [-0.2, -0.15) is 5.10 Å². The molecule has 1 aliphatic carbocycles. The molecule has 2 aliphatic rings. The first-order valence-electron chi connectivity index (χ1n) is 11.5. The van der Waals surface area contributed by atoms with Crippen molar-refractivity contribution in [2.24, 2.45) is 16.3 Å². The third-order valence-corrected chi connectivity index (χ3v) is 6.87. The van der Waals surface area contributed by atoms with Gasteiger partial charge < -0.3 is 10.8 Å². The quantitative estimate of drug-likeness (QED) is 0.526. The molecule has 2 aromatic carbocycles. The van der Waals surface area contributed by atoms with E-state index in [9.17, 15) is 14.7 Å². The van der Waals surface area contributed by atoms with Crippen LogP contribution in [0.1, 0.15) is 71.6 Å². The number of nitrogens with two attached hydrogens (primary N) is 1. The third-order valence-electron chi connectivity index (χ3n) is 6.87. The lowest BCUT2D eigenvalue weighted by Gasteiger charge is -2.41. The van der Waals surface area contributed by atoms with Crippen molar-refractivity contribution < 1.29 is 14.7 Å². The highest BCUT2D eigenvalue weighted by molar-refractivity contribution is 6.03. The Morgan fingerprint density at radius 1 is 1.06 bits per heavy atom. The molecule has 3 N–H and O–H groups in total. The Morgan fingerprint density at radius 2 is 1.75 bits per heavy atom. The Bertz CT molecular complexity index is 994. The van der Waals surface area contributed by atoms with E-state index in [0.29, 0.717) is 18.4 Å². The lowest BCUT2D eigenvalue weighted by Crippen LogP contribution is -2.46. The number of aryl methyl sites for hydroxylation is 1. The number of Topliss-reactive ketones (excluding diaryl/α,β-unsaturated/α-hetero) is 1. The minimum Gasteiger partial charge on any atom is -0.481 e. The molecule has 1 saturated heterocycles. The van der Waals surface area contributed by atoms with Crippen LogP contribution in [0.3, 0.4) is 0 Å². The predicted molar refractivity (Wildman–Crippen MR) is 125 cm³/mol. The van der Waals surface area contributed by atoms with Gasteiger partial charge in [0, 0.05) is 24.7 Å². The molecule has 6 nitrogen and oxygen atoms in total. The maximum atomic E-state index is 13.6. The SMILES string of the molecule is NC1c2ccccc2CCC1(CC(=O)O)C(=O)c1ccc(C=NN2CCCCCC2)cc1. The number of hydrazone groups is 1. The summed E-state index contributed by atoms with van der Waals surface area (Å²) in [6, 6.07) is 14.4. The Morgan fingerprint density at radius 3 is 2.44 bits per heavy atom. The first-order chi connectivity index (χ1) is 15.5. The van der Waals surface area contributed by atoms with E-state index in [2.05, 4.69) is 10.1 Å². The highest BCUT2D eigenvalue weighted by atomic mass is 16.4. The largest absolute Gasteiger partial charge is 0.481 e. The van der Waals surface area contributed by atoms with Crippen molar-refractivity contribution in [2.45, 2.75) is 51.0 Å². The highest BCUT2D eigenvalue weighted by Crippen LogP contribution is 2.47. The average molecular weight is 434 g/mol. The van der Waals surface area contributed by atoms with Crippen molar-refractivity contribution in [3.8, 4) is 0 Å². The number of carboxylic acid groups (broad SMARTS) is 1. The molecule has 0 amide bonds. The molecular weight excluding hydrogens is 402 g/mol. The van der Waals surface area contributed by atoms with Gasteiger partial charge in [-0.3, -0.25) is 14.6 Å². The molecule has 0 bridgehead atoms. The third kappa shape index (κ3) is 4.60. The van der Waals surface area contributed by atoms with E-state index in [1.165, 1.54) is 25.7 Å². The number of carbonyl (C=O) groups excluding carboxylic acids is 1. The molecular formula is C26H31N3O3. The zero-order valence-corrected chi connectivity index (χ0v) is 18.4. The zero-order chi connectivity index (χ0) is 22.6. The minimum absolute atomic E-state index is 0.196. The average Bonchev–Trinajstić information content (AvgIpc) is 3.08.